The molecule has 0 aromatic heterocycles. The van der Waals surface area contributed by atoms with Crippen LogP contribution in [0.5, 0.6) is 0 Å². The van der Waals surface area contributed by atoms with Crippen LogP contribution >= 0.6 is 11.6 Å². The van der Waals surface area contributed by atoms with Gasteiger partial charge in [-0.05, 0) is 61.5 Å². The Bertz CT molecular complexity index is 711. The second kappa shape index (κ2) is 12.0. The number of alkyl halides is 1. The highest BCUT2D eigenvalue weighted by Gasteiger charge is 2.41. The second-order valence-electron chi connectivity index (χ2n) is 9.19. The SMILES string of the molecule is COC(=O)CCCC=CC[C@@H]1[C@@H](c2ccc(C(O)C3CCCCC3)cc2)[C@H](O)C[C@H]1Cl. The third-order valence-corrected chi connectivity index (χ3v) is 7.62. The van der Waals surface area contributed by atoms with Gasteiger partial charge in [-0.1, -0.05) is 55.7 Å². The summed E-state index contributed by atoms with van der Waals surface area (Å²) in [5, 5.41) is 21.4. The molecule has 0 heterocycles. The maximum absolute atomic E-state index is 11.2. The molecule has 5 heteroatoms. The van der Waals surface area contributed by atoms with Crippen molar-refractivity contribution in [1.82, 2.24) is 0 Å². The summed E-state index contributed by atoms with van der Waals surface area (Å²) in [6.07, 6.45) is 12.7. The fourth-order valence-electron chi connectivity index (χ4n) is 5.30. The predicted molar refractivity (Wildman–Crippen MR) is 124 cm³/mol. The van der Waals surface area contributed by atoms with Crippen molar-refractivity contribution in [1.29, 1.82) is 0 Å². The topological polar surface area (TPSA) is 66.8 Å². The van der Waals surface area contributed by atoms with Crippen LogP contribution in [0.2, 0.25) is 0 Å². The molecule has 2 aliphatic carbocycles. The van der Waals surface area contributed by atoms with E-state index >= 15 is 0 Å². The zero-order valence-corrected chi connectivity index (χ0v) is 19.3. The lowest BCUT2D eigenvalue weighted by Crippen LogP contribution is -2.19. The van der Waals surface area contributed by atoms with Gasteiger partial charge >= 0.3 is 5.97 Å². The van der Waals surface area contributed by atoms with E-state index in [1.165, 1.54) is 26.4 Å². The van der Waals surface area contributed by atoms with Gasteiger partial charge in [0, 0.05) is 17.7 Å². The van der Waals surface area contributed by atoms with Gasteiger partial charge in [0.15, 0.2) is 0 Å². The average molecular weight is 449 g/mol. The molecule has 1 aromatic rings. The molecule has 0 saturated heterocycles. The number of aliphatic hydroxyl groups excluding tert-OH is 2. The molecule has 2 aliphatic rings. The minimum Gasteiger partial charge on any atom is -0.469 e. The lowest BCUT2D eigenvalue weighted by Gasteiger charge is -2.27. The van der Waals surface area contributed by atoms with E-state index in [0.717, 1.165) is 43.2 Å². The van der Waals surface area contributed by atoms with Crippen LogP contribution in [0.1, 0.15) is 87.4 Å². The molecule has 0 spiro atoms. The zero-order valence-electron chi connectivity index (χ0n) is 18.6. The molecule has 1 aromatic carbocycles. The maximum atomic E-state index is 11.2. The number of hydrogen-bond donors (Lipinski definition) is 2. The number of carbonyl (C=O) groups excluding carboxylic acids is 1. The Labute approximate surface area is 191 Å². The number of aliphatic hydroxyl groups is 2. The number of hydrogen-bond acceptors (Lipinski definition) is 4. The number of rotatable bonds is 9. The van der Waals surface area contributed by atoms with E-state index in [1.807, 2.05) is 12.1 Å². The first-order chi connectivity index (χ1) is 15.0. The highest BCUT2D eigenvalue weighted by atomic mass is 35.5. The van der Waals surface area contributed by atoms with Crippen LogP contribution < -0.4 is 0 Å². The van der Waals surface area contributed by atoms with Gasteiger partial charge in [-0.2, -0.15) is 0 Å². The van der Waals surface area contributed by atoms with Crippen LogP contribution in [0.15, 0.2) is 36.4 Å². The number of unbranched alkanes of at least 4 members (excludes halogenated alkanes) is 1. The molecule has 31 heavy (non-hydrogen) atoms. The molecular formula is C26H37ClO4. The van der Waals surface area contributed by atoms with Crippen LogP contribution in [-0.2, 0) is 9.53 Å². The van der Waals surface area contributed by atoms with Crippen molar-refractivity contribution in [2.75, 3.05) is 7.11 Å². The van der Waals surface area contributed by atoms with Gasteiger partial charge in [-0.25, -0.2) is 0 Å². The quantitative estimate of drug-likeness (QED) is 0.221. The van der Waals surface area contributed by atoms with Crippen LogP contribution in [0.25, 0.3) is 0 Å². The summed E-state index contributed by atoms with van der Waals surface area (Å²) in [5.74, 6) is 0.358. The predicted octanol–water partition coefficient (Wildman–Crippen LogP) is 5.66. The van der Waals surface area contributed by atoms with E-state index in [0.29, 0.717) is 18.8 Å². The first-order valence-corrected chi connectivity index (χ1v) is 12.3. The van der Waals surface area contributed by atoms with Gasteiger partial charge in [0.25, 0.3) is 0 Å². The van der Waals surface area contributed by atoms with E-state index in [2.05, 4.69) is 29.0 Å². The molecule has 2 fully saturated rings. The molecule has 1 unspecified atom stereocenters. The second-order valence-corrected chi connectivity index (χ2v) is 9.75. The van der Waals surface area contributed by atoms with Gasteiger partial charge in [-0.15, -0.1) is 11.6 Å². The number of carbonyl (C=O) groups is 1. The van der Waals surface area contributed by atoms with Crippen LogP contribution in [-0.4, -0.2) is 34.8 Å². The Hall–Kier alpha value is -1.36. The molecule has 5 atom stereocenters. The van der Waals surface area contributed by atoms with Gasteiger partial charge in [0.05, 0.1) is 19.3 Å². The van der Waals surface area contributed by atoms with E-state index in [1.54, 1.807) is 0 Å². The summed E-state index contributed by atoms with van der Waals surface area (Å²) in [6, 6.07) is 8.19. The molecule has 0 radical (unpaired) electrons. The number of methoxy groups -OCH3 is 1. The maximum Gasteiger partial charge on any atom is 0.305 e. The summed E-state index contributed by atoms with van der Waals surface area (Å²) in [7, 11) is 1.41. The van der Waals surface area contributed by atoms with Crippen molar-refractivity contribution < 1.29 is 19.7 Å². The van der Waals surface area contributed by atoms with E-state index in [-0.39, 0.29) is 23.2 Å². The molecular weight excluding hydrogens is 412 g/mol. The Balaban J connectivity index is 1.59. The van der Waals surface area contributed by atoms with E-state index < -0.39 is 12.2 Å². The van der Waals surface area contributed by atoms with Crippen molar-refractivity contribution in [3.8, 4) is 0 Å². The molecule has 2 saturated carbocycles. The number of benzene rings is 1. The standard InChI is InChI=1S/C26H37ClO4/c1-31-24(29)12-8-3-2-7-11-21-22(27)17-23(28)25(21)18-13-15-20(16-14-18)26(30)19-9-5-4-6-10-19/h2,7,13-16,19,21-23,25-26,28,30H,3-6,8-12,17H2,1H3/t21-,22+,23+,25+,26?/m0/s1. The third kappa shape index (κ3) is 6.57. The summed E-state index contributed by atoms with van der Waals surface area (Å²) < 4.78 is 4.66. The smallest absolute Gasteiger partial charge is 0.305 e. The number of halogens is 1. The van der Waals surface area contributed by atoms with Crippen molar-refractivity contribution in [3.05, 3.63) is 47.5 Å². The highest BCUT2D eigenvalue weighted by Crippen LogP contribution is 2.45. The Morgan fingerprint density at radius 2 is 1.90 bits per heavy atom. The highest BCUT2D eigenvalue weighted by molar-refractivity contribution is 6.21. The first-order valence-electron chi connectivity index (χ1n) is 11.8. The lowest BCUT2D eigenvalue weighted by atomic mass is 9.81. The largest absolute Gasteiger partial charge is 0.469 e. The van der Waals surface area contributed by atoms with Crippen molar-refractivity contribution in [2.45, 2.75) is 87.7 Å². The number of ether oxygens (including phenoxy) is 1. The van der Waals surface area contributed by atoms with Gasteiger partial charge in [0.1, 0.15) is 0 Å². The summed E-state index contributed by atoms with van der Waals surface area (Å²) in [5.41, 5.74) is 2.08. The number of esters is 1. The third-order valence-electron chi connectivity index (χ3n) is 7.12. The fourth-order valence-corrected chi connectivity index (χ4v) is 5.74. The molecule has 4 nitrogen and oxygen atoms in total. The van der Waals surface area contributed by atoms with Crippen LogP contribution in [0.3, 0.4) is 0 Å². The average Bonchev–Trinajstić information content (AvgIpc) is 3.08. The van der Waals surface area contributed by atoms with Gasteiger partial charge < -0.3 is 14.9 Å². The molecule has 0 amide bonds. The Morgan fingerprint density at radius 1 is 1.19 bits per heavy atom. The zero-order chi connectivity index (χ0) is 22.2. The minimum atomic E-state index is -0.450. The van der Waals surface area contributed by atoms with Gasteiger partial charge in [0.2, 0.25) is 0 Å². The normalized spacial score (nSPS) is 28.1. The summed E-state index contributed by atoms with van der Waals surface area (Å²) >= 11 is 6.61. The minimum absolute atomic E-state index is 0.00286. The Morgan fingerprint density at radius 3 is 2.58 bits per heavy atom. The Kier molecular flexibility index (Phi) is 9.43. The van der Waals surface area contributed by atoms with Crippen molar-refractivity contribution in [2.24, 2.45) is 11.8 Å². The van der Waals surface area contributed by atoms with Crippen LogP contribution in [0, 0.1) is 11.8 Å². The molecule has 3 rings (SSSR count). The summed E-state index contributed by atoms with van der Waals surface area (Å²) in [4.78, 5) is 11.2. The van der Waals surface area contributed by atoms with Gasteiger partial charge in [-0.3, -0.25) is 4.79 Å². The van der Waals surface area contributed by atoms with Crippen molar-refractivity contribution in [3.63, 3.8) is 0 Å². The molecule has 0 bridgehead atoms. The molecule has 2 N–H and O–H groups in total. The van der Waals surface area contributed by atoms with E-state index in [9.17, 15) is 15.0 Å². The summed E-state index contributed by atoms with van der Waals surface area (Å²) in [6.45, 7) is 0. The van der Waals surface area contributed by atoms with Crippen molar-refractivity contribution >= 4 is 17.6 Å². The lowest BCUT2D eigenvalue weighted by molar-refractivity contribution is -0.140. The molecule has 172 valence electrons. The molecule has 0 aliphatic heterocycles. The fraction of sp³-hybridized carbons (Fsp3) is 0.654. The monoisotopic (exact) mass is 448 g/mol. The first kappa shape index (κ1) is 24.3. The van der Waals surface area contributed by atoms with E-state index in [4.69, 9.17) is 11.6 Å². The van der Waals surface area contributed by atoms with Crippen LogP contribution in [0.4, 0.5) is 0 Å². The number of allylic oxidation sites excluding steroid dienone is 2.